The Morgan fingerprint density at radius 1 is 1.25 bits per heavy atom. The van der Waals surface area contributed by atoms with Crippen LogP contribution in [-0.2, 0) is 5.41 Å². The number of pyridine rings is 1. The van der Waals surface area contributed by atoms with Gasteiger partial charge in [0, 0.05) is 11.1 Å². The molecule has 0 spiro atoms. The number of hydrogen-bond acceptors (Lipinski definition) is 1. The van der Waals surface area contributed by atoms with Crippen molar-refractivity contribution in [1.29, 1.82) is 0 Å². The highest BCUT2D eigenvalue weighted by atomic mass is 35.5. The first-order valence-electron chi connectivity index (χ1n) is 4.05. The van der Waals surface area contributed by atoms with Gasteiger partial charge in [-0.2, -0.15) is 0 Å². The van der Waals surface area contributed by atoms with E-state index in [1.807, 2.05) is 19.1 Å². The zero-order valence-corrected chi connectivity index (χ0v) is 8.74. The predicted molar refractivity (Wildman–Crippen MR) is 52.7 cm³/mol. The van der Waals surface area contributed by atoms with Crippen molar-refractivity contribution < 1.29 is 0 Å². The van der Waals surface area contributed by atoms with E-state index in [1.54, 1.807) is 0 Å². The van der Waals surface area contributed by atoms with Gasteiger partial charge in [0.05, 0.1) is 10.7 Å². The number of aryl methyl sites for hydroxylation is 1. The highest BCUT2D eigenvalue weighted by molar-refractivity contribution is 6.31. The Kier molecular flexibility index (Phi) is 2.43. The number of rotatable bonds is 0. The van der Waals surface area contributed by atoms with Gasteiger partial charge in [-0.25, -0.2) is 0 Å². The summed E-state index contributed by atoms with van der Waals surface area (Å²) in [5.74, 6) is 0. The van der Waals surface area contributed by atoms with Gasteiger partial charge in [0.25, 0.3) is 0 Å². The number of aromatic nitrogens is 1. The summed E-state index contributed by atoms with van der Waals surface area (Å²) >= 11 is 5.87. The van der Waals surface area contributed by atoms with Crippen molar-refractivity contribution in [2.24, 2.45) is 0 Å². The Morgan fingerprint density at radius 3 is 2.25 bits per heavy atom. The van der Waals surface area contributed by atoms with Crippen molar-refractivity contribution >= 4 is 11.6 Å². The minimum atomic E-state index is 0.106. The third-order valence-electron chi connectivity index (χ3n) is 1.79. The summed E-state index contributed by atoms with van der Waals surface area (Å²) in [5, 5.41) is 0.739. The normalized spacial score (nSPS) is 11.8. The zero-order valence-electron chi connectivity index (χ0n) is 7.98. The van der Waals surface area contributed by atoms with E-state index < -0.39 is 0 Å². The zero-order chi connectivity index (χ0) is 9.35. The third-order valence-corrected chi connectivity index (χ3v) is 2.19. The number of halogens is 1. The van der Waals surface area contributed by atoms with E-state index in [4.69, 9.17) is 11.6 Å². The fourth-order valence-electron chi connectivity index (χ4n) is 0.962. The molecule has 2 heteroatoms. The van der Waals surface area contributed by atoms with Crippen LogP contribution in [0.1, 0.15) is 32.2 Å². The van der Waals surface area contributed by atoms with Gasteiger partial charge in [0.2, 0.25) is 0 Å². The predicted octanol–water partition coefficient (Wildman–Crippen LogP) is 3.34. The molecule has 0 aromatic carbocycles. The van der Waals surface area contributed by atoms with E-state index in [0.717, 1.165) is 16.4 Å². The van der Waals surface area contributed by atoms with Crippen molar-refractivity contribution in [3.8, 4) is 0 Å². The molecule has 0 radical (unpaired) electrons. The lowest BCUT2D eigenvalue weighted by Crippen LogP contribution is -2.13. The molecule has 0 atom stereocenters. The standard InChI is InChI=1S/C10H14ClN/c1-7-8(11)5-6-9(12-7)10(2,3)4/h5-6H,1-4H3. The fourth-order valence-corrected chi connectivity index (χ4v) is 1.07. The Morgan fingerprint density at radius 2 is 1.83 bits per heavy atom. The topological polar surface area (TPSA) is 12.9 Å². The molecule has 0 fully saturated rings. The van der Waals surface area contributed by atoms with E-state index in [2.05, 4.69) is 25.8 Å². The van der Waals surface area contributed by atoms with Gasteiger partial charge in [-0.1, -0.05) is 32.4 Å². The molecule has 1 aromatic heterocycles. The summed E-state index contributed by atoms with van der Waals surface area (Å²) in [7, 11) is 0. The largest absolute Gasteiger partial charge is 0.256 e. The van der Waals surface area contributed by atoms with Crippen LogP contribution >= 0.6 is 11.6 Å². The summed E-state index contributed by atoms with van der Waals surface area (Å²) in [6, 6.07) is 3.89. The molecule has 0 saturated heterocycles. The first-order valence-corrected chi connectivity index (χ1v) is 4.42. The summed E-state index contributed by atoms with van der Waals surface area (Å²) in [4.78, 5) is 4.41. The molecule has 0 N–H and O–H groups in total. The highest BCUT2D eigenvalue weighted by Crippen LogP contribution is 2.22. The first kappa shape index (κ1) is 9.53. The average molecular weight is 184 g/mol. The summed E-state index contributed by atoms with van der Waals surface area (Å²) < 4.78 is 0. The van der Waals surface area contributed by atoms with Crippen LogP contribution in [0.25, 0.3) is 0 Å². The van der Waals surface area contributed by atoms with Gasteiger partial charge in [-0.15, -0.1) is 0 Å². The highest BCUT2D eigenvalue weighted by Gasteiger charge is 2.15. The van der Waals surface area contributed by atoms with Crippen LogP contribution in [0.2, 0.25) is 5.02 Å². The second kappa shape index (κ2) is 3.06. The average Bonchev–Trinajstić information content (AvgIpc) is 1.92. The van der Waals surface area contributed by atoms with Gasteiger partial charge >= 0.3 is 0 Å². The second-order valence-electron chi connectivity index (χ2n) is 4.01. The SMILES string of the molecule is Cc1nc(C(C)(C)C)ccc1Cl. The van der Waals surface area contributed by atoms with E-state index in [1.165, 1.54) is 0 Å². The maximum Gasteiger partial charge on any atom is 0.0618 e. The monoisotopic (exact) mass is 183 g/mol. The Bertz CT molecular complexity index is 286. The molecule has 66 valence electrons. The molecule has 1 rings (SSSR count). The molecule has 0 aliphatic rings. The molecule has 0 bridgehead atoms. The summed E-state index contributed by atoms with van der Waals surface area (Å²) in [5.41, 5.74) is 2.10. The molecule has 0 aliphatic heterocycles. The van der Waals surface area contributed by atoms with Crippen LogP contribution in [-0.4, -0.2) is 4.98 Å². The number of hydrogen-bond donors (Lipinski definition) is 0. The van der Waals surface area contributed by atoms with Crippen LogP contribution in [0.3, 0.4) is 0 Å². The molecule has 1 nitrogen and oxygen atoms in total. The lowest BCUT2D eigenvalue weighted by Gasteiger charge is -2.18. The van der Waals surface area contributed by atoms with Crippen LogP contribution < -0.4 is 0 Å². The minimum absolute atomic E-state index is 0.106. The van der Waals surface area contributed by atoms with Crippen LogP contribution in [0.15, 0.2) is 12.1 Å². The molecule has 1 aromatic rings. The van der Waals surface area contributed by atoms with Gasteiger partial charge in [0.15, 0.2) is 0 Å². The fraction of sp³-hybridized carbons (Fsp3) is 0.500. The summed E-state index contributed by atoms with van der Waals surface area (Å²) in [6.07, 6.45) is 0. The van der Waals surface area contributed by atoms with Gasteiger partial charge in [0.1, 0.15) is 0 Å². The van der Waals surface area contributed by atoms with Gasteiger partial charge in [-0.05, 0) is 19.1 Å². The molecular weight excluding hydrogens is 170 g/mol. The van der Waals surface area contributed by atoms with Gasteiger partial charge < -0.3 is 0 Å². The van der Waals surface area contributed by atoms with Crippen LogP contribution in [0.4, 0.5) is 0 Å². The lowest BCUT2D eigenvalue weighted by atomic mass is 9.91. The second-order valence-corrected chi connectivity index (χ2v) is 4.42. The quantitative estimate of drug-likeness (QED) is 0.601. The van der Waals surface area contributed by atoms with E-state index in [0.29, 0.717) is 0 Å². The van der Waals surface area contributed by atoms with Gasteiger partial charge in [-0.3, -0.25) is 4.98 Å². The molecule has 12 heavy (non-hydrogen) atoms. The summed E-state index contributed by atoms with van der Waals surface area (Å²) in [6.45, 7) is 8.35. The minimum Gasteiger partial charge on any atom is -0.256 e. The van der Waals surface area contributed by atoms with E-state index in [9.17, 15) is 0 Å². The first-order chi connectivity index (χ1) is 5.41. The Balaban J connectivity index is 3.14. The smallest absolute Gasteiger partial charge is 0.0618 e. The molecular formula is C10H14ClN. The van der Waals surface area contributed by atoms with Crippen molar-refractivity contribution in [3.05, 3.63) is 28.5 Å². The van der Waals surface area contributed by atoms with Crippen molar-refractivity contribution in [3.63, 3.8) is 0 Å². The third kappa shape index (κ3) is 1.98. The van der Waals surface area contributed by atoms with Crippen molar-refractivity contribution in [1.82, 2.24) is 4.98 Å². The van der Waals surface area contributed by atoms with Crippen LogP contribution in [0, 0.1) is 6.92 Å². The lowest BCUT2D eigenvalue weighted by molar-refractivity contribution is 0.567. The molecule has 0 amide bonds. The van der Waals surface area contributed by atoms with Crippen LogP contribution in [0.5, 0.6) is 0 Å². The van der Waals surface area contributed by atoms with Crippen molar-refractivity contribution in [2.75, 3.05) is 0 Å². The molecule has 0 aliphatic carbocycles. The Labute approximate surface area is 78.8 Å². The van der Waals surface area contributed by atoms with Crippen molar-refractivity contribution in [2.45, 2.75) is 33.1 Å². The maximum atomic E-state index is 5.87. The molecule has 0 saturated carbocycles. The van der Waals surface area contributed by atoms with E-state index >= 15 is 0 Å². The molecule has 0 unspecified atom stereocenters. The maximum absolute atomic E-state index is 5.87. The van der Waals surface area contributed by atoms with E-state index in [-0.39, 0.29) is 5.41 Å². The Hall–Kier alpha value is -0.560. The number of nitrogens with zero attached hydrogens (tertiary/aromatic N) is 1. The molecule has 1 heterocycles.